The van der Waals surface area contributed by atoms with Gasteiger partial charge in [0.25, 0.3) is 0 Å². The molecule has 0 saturated carbocycles. The molecular formula is C86H156N10O15. The van der Waals surface area contributed by atoms with Gasteiger partial charge in [-0.1, -0.05) is 178 Å². The smallest absolute Gasteiger partial charge is 0.312 e. The molecule has 0 spiro atoms. The zero-order valence-corrected chi connectivity index (χ0v) is 73.7. The maximum Gasteiger partial charge on any atom is 0.312 e. The highest BCUT2D eigenvalue weighted by atomic mass is 16.5. The molecule has 640 valence electrons. The molecule has 0 radical (unpaired) electrons. The molecular weight excluding hydrogens is 1410 g/mol. The third kappa shape index (κ3) is 65.8. The molecule has 1 rings (SSSR count). The van der Waals surface area contributed by atoms with Crippen molar-refractivity contribution in [1.82, 2.24) is 31.9 Å². The first kappa shape index (κ1) is 110. The van der Waals surface area contributed by atoms with E-state index in [4.69, 9.17) is 21.9 Å². The topological polar surface area (TPSA) is 410 Å². The van der Waals surface area contributed by atoms with Crippen LogP contribution in [0, 0.1) is 62.6 Å². The number of carbonyl (C=O) groups is 14. The maximum atomic E-state index is 13.3. The van der Waals surface area contributed by atoms with Crippen LogP contribution >= 0.6 is 0 Å². The molecule has 0 aliphatic rings. The number of benzene rings is 1. The molecule has 0 heterocycles. The zero-order valence-electron chi connectivity index (χ0n) is 73.7. The average Bonchev–Trinajstić information content (AvgIpc) is 0.873. The van der Waals surface area contributed by atoms with Gasteiger partial charge >= 0.3 is 24.1 Å². The van der Waals surface area contributed by atoms with E-state index in [9.17, 15) is 67.1 Å². The van der Waals surface area contributed by atoms with Crippen LogP contribution in [-0.4, -0.2) is 127 Å². The molecule has 6 atom stereocenters. The van der Waals surface area contributed by atoms with Crippen LogP contribution in [-0.2, 0) is 64.1 Å². The molecule has 0 saturated heterocycles. The molecule has 0 aliphatic carbocycles. The van der Waals surface area contributed by atoms with Crippen LogP contribution in [0.4, 0.5) is 20.1 Å². The Bertz CT molecular complexity index is 2970. The predicted molar refractivity (Wildman–Crippen MR) is 446 cm³/mol. The Balaban J connectivity index is -0.000000697. The summed E-state index contributed by atoms with van der Waals surface area (Å²) in [4.78, 5) is 166. The van der Waals surface area contributed by atoms with E-state index in [1.807, 2.05) is 48.5 Å². The average molecular weight is 1570 g/mol. The van der Waals surface area contributed by atoms with Gasteiger partial charge in [-0.15, -0.1) is 0 Å². The Morgan fingerprint density at radius 2 is 0.748 bits per heavy atom. The van der Waals surface area contributed by atoms with Crippen LogP contribution in [0.1, 0.15) is 320 Å². The van der Waals surface area contributed by atoms with Crippen molar-refractivity contribution >= 4 is 88.0 Å². The molecule has 111 heavy (non-hydrogen) atoms. The van der Waals surface area contributed by atoms with Gasteiger partial charge in [-0.25, -0.2) is 14.4 Å². The van der Waals surface area contributed by atoms with Gasteiger partial charge < -0.3 is 63.9 Å². The summed E-state index contributed by atoms with van der Waals surface area (Å²) in [6.45, 7) is 53.8. The number of hydrogen-bond acceptors (Lipinski definition) is 16. The molecule has 25 nitrogen and oxygen atoms in total. The van der Waals surface area contributed by atoms with E-state index in [2.05, 4.69) is 148 Å². The monoisotopic (exact) mass is 1570 g/mol. The van der Waals surface area contributed by atoms with E-state index in [0.717, 1.165) is 57.1 Å². The lowest BCUT2D eigenvalue weighted by Crippen LogP contribution is -2.45. The number of nitrogens with one attached hydrogen (secondary N) is 7. The molecule has 0 unspecified atom stereocenters. The second kappa shape index (κ2) is 57.6. The van der Waals surface area contributed by atoms with Gasteiger partial charge in [-0.05, 0) is 140 Å². The van der Waals surface area contributed by atoms with Crippen molar-refractivity contribution in [2.24, 2.45) is 79.8 Å². The number of amides is 9. The molecule has 1 aromatic rings. The zero-order chi connectivity index (χ0) is 86.8. The minimum absolute atomic E-state index is 0.00450. The van der Waals surface area contributed by atoms with Crippen LogP contribution in [0.3, 0.4) is 0 Å². The number of rotatable bonds is 46. The first-order valence-electron chi connectivity index (χ1n) is 40.5. The van der Waals surface area contributed by atoms with Crippen molar-refractivity contribution in [3.63, 3.8) is 0 Å². The van der Waals surface area contributed by atoms with Gasteiger partial charge in [-0.3, -0.25) is 47.9 Å². The summed E-state index contributed by atoms with van der Waals surface area (Å²) >= 11 is 0. The molecule has 13 N–H and O–H groups in total. The van der Waals surface area contributed by atoms with Crippen molar-refractivity contribution in [3.8, 4) is 0 Å². The predicted octanol–water partition coefficient (Wildman–Crippen LogP) is 14.9. The minimum Gasteiger partial charge on any atom is -0.461 e. The molecule has 0 fully saturated rings. The number of urea groups is 3. The van der Waals surface area contributed by atoms with Crippen molar-refractivity contribution in [1.29, 1.82) is 0 Å². The van der Waals surface area contributed by atoms with Gasteiger partial charge in [0.1, 0.15) is 29.7 Å². The summed E-state index contributed by atoms with van der Waals surface area (Å²) < 4.78 is 4.97. The lowest BCUT2D eigenvalue weighted by atomic mass is 9.86. The van der Waals surface area contributed by atoms with Crippen molar-refractivity contribution < 1.29 is 71.9 Å². The molecule has 0 aliphatic heterocycles. The van der Waals surface area contributed by atoms with Crippen molar-refractivity contribution in [2.45, 2.75) is 340 Å². The van der Waals surface area contributed by atoms with E-state index in [0.29, 0.717) is 112 Å². The quantitative estimate of drug-likeness (QED) is 0.0214. The fraction of sp³-hybridized carbons (Fsp3) is 0.767. The van der Waals surface area contributed by atoms with E-state index in [1.54, 1.807) is 38.1 Å². The van der Waals surface area contributed by atoms with Crippen LogP contribution in [0.5, 0.6) is 0 Å². The van der Waals surface area contributed by atoms with E-state index in [1.165, 1.54) is 6.92 Å². The van der Waals surface area contributed by atoms with Gasteiger partial charge in [-0.2, -0.15) is 0 Å². The Hall–Kier alpha value is -7.44. The van der Waals surface area contributed by atoms with Gasteiger partial charge in [0, 0.05) is 121 Å². The lowest BCUT2D eigenvalue weighted by molar-refractivity contribution is -0.142. The van der Waals surface area contributed by atoms with Gasteiger partial charge in [0.15, 0.2) is 17.3 Å². The summed E-state index contributed by atoms with van der Waals surface area (Å²) in [5.74, 6) is -1.85. The number of esters is 1. The Labute approximate surface area is 669 Å². The lowest BCUT2D eigenvalue weighted by Gasteiger charge is -2.27. The largest absolute Gasteiger partial charge is 0.461 e. The summed E-state index contributed by atoms with van der Waals surface area (Å²) in [5.41, 5.74) is 17.2. The first-order chi connectivity index (χ1) is 50.9. The fourth-order valence-electron chi connectivity index (χ4n) is 10.9. The van der Waals surface area contributed by atoms with Crippen LogP contribution in [0.2, 0.25) is 0 Å². The number of anilines is 1. The molecule has 25 heteroatoms. The summed E-state index contributed by atoms with van der Waals surface area (Å²) in [6.07, 6.45) is 11.5. The Kier molecular flexibility index (Phi) is 57.0. The molecule has 9 amide bonds. The Morgan fingerprint density at radius 3 is 1.05 bits per heavy atom. The van der Waals surface area contributed by atoms with E-state index < -0.39 is 42.0 Å². The van der Waals surface area contributed by atoms with Crippen LogP contribution in [0.15, 0.2) is 24.3 Å². The number of primary amides is 3. The standard InChI is InChI=1S/C28H44N4O6.C21H39N3O4.C19H37N3O3.C10H20O.C8H16O/c1-18(2)25(32-24(35)13-14-28(4,5)6)23(34)16-21(8-7-15-30-27(29)37)26(36)31-22-11-9-20(10-12-22)17-38-19(3)33;1-7-16(25)15(9-8-12-23-20(22)28)13-17(26)19(14(2)3)24-18(27)10-11-21(4,5)6;1-7-15(23)14(9-8-10-21-18(20)25)11-16(24)17(13(2)3)22-12-19(4,5)6;1-5-6-9(11)7-8-10(2,3)4;1-7(9)5-6-8(2,3)4/h9-12,18,21,25H,7-8,13-17H2,1-6H3,(H,31,36)(H,32,35)(H3,29,30,37);14-15,19H,7-13H2,1-6H3,(H,24,27)(H3,22,23,28);13-14,17,22H,7-12H2,1-6H3,(H3,20,21,25);5-8H2,1-4H3;5-6H2,1-4H3/t21-,25+;15-,19+;14-,17+;;/m111../s1. The number of hydrogen-bond donors (Lipinski definition) is 10. The van der Waals surface area contributed by atoms with Crippen LogP contribution in [0.25, 0.3) is 0 Å². The Morgan fingerprint density at radius 1 is 0.414 bits per heavy atom. The number of nitrogens with two attached hydrogens (primary N) is 3. The SMILES string of the molecule is CC(=O)CCC(C)(C)C.CC(=O)OCc1ccc(NC(=O)[C@H](CCCNC(N)=O)CC(=O)[C@@H](NC(=O)CCC(C)(C)C)C(C)C)cc1.CCC(=O)[C@H](CCCNC(N)=O)CC(=O)[C@@H](NC(=O)CCC(C)(C)C)C(C)C.CCC(=O)[C@H](CCCNC(N)=O)CC(=O)[C@@H](NCC(C)(C)C)C(C)C.CCCC(=O)CCC(C)(C)C. The number of Topliss-reactive ketones (excluding diaryl/α,β-unsaturated/α-hetero) is 7. The molecule has 0 bridgehead atoms. The van der Waals surface area contributed by atoms with Gasteiger partial charge in [0.2, 0.25) is 17.7 Å². The second-order valence-electron chi connectivity index (χ2n) is 36.5. The second-order valence-corrected chi connectivity index (χ2v) is 36.5. The van der Waals surface area contributed by atoms with Crippen molar-refractivity contribution in [2.75, 3.05) is 31.5 Å². The van der Waals surface area contributed by atoms with Crippen molar-refractivity contribution in [3.05, 3.63) is 29.8 Å². The number of ether oxygens (including phenoxy) is 1. The van der Waals surface area contributed by atoms with Gasteiger partial charge in [0.05, 0.1) is 18.1 Å². The highest BCUT2D eigenvalue weighted by Crippen LogP contribution is 2.27. The van der Waals surface area contributed by atoms with E-state index >= 15 is 0 Å². The fourth-order valence-corrected chi connectivity index (χ4v) is 10.9. The number of ketones is 7. The first-order valence-corrected chi connectivity index (χ1v) is 40.5. The minimum atomic E-state index is -0.706. The van der Waals surface area contributed by atoms with E-state index in [-0.39, 0.29) is 131 Å². The third-order valence-electron chi connectivity index (χ3n) is 17.7. The highest BCUT2D eigenvalue weighted by Gasteiger charge is 2.33. The third-order valence-corrected chi connectivity index (χ3v) is 17.7. The summed E-state index contributed by atoms with van der Waals surface area (Å²) in [6, 6.07) is 3.48. The molecule has 1 aromatic carbocycles. The number of carbonyl (C=O) groups excluding carboxylic acids is 14. The molecule has 0 aromatic heterocycles. The van der Waals surface area contributed by atoms with Crippen LogP contribution < -0.4 is 54.4 Å². The maximum absolute atomic E-state index is 13.3. The normalized spacial score (nSPS) is 13.1. The summed E-state index contributed by atoms with van der Waals surface area (Å²) in [7, 11) is 0. The summed E-state index contributed by atoms with van der Waals surface area (Å²) in [5, 5.41) is 19.4. The highest BCUT2D eigenvalue weighted by molar-refractivity contribution is 5.98.